The van der Waals surface area contributed by atoms with Crippen molar-refractivity contribution in [1.82, 2.24) is 0 Å². The Bertz CT molecular complexity index is 341. The van der Waals surface area contributed by atoms with E-state index in [1.807, 2.05) is 5.92 Å². The predicted molar refractivity (Wildman–Crippen MR) is 46.7 cm³/mol. The first-order chi connectivity index (χ1) is 6.20. The first-order valence-electron chi connectivity index (χ1n) is 3.67. The van der Waals surface area contributed by atoms with Crippen LogP contribution in [0.3, 0.4) is 0 Å². The van der Waals surface area contributed by atoms with Gasteiger partial charge in [-0.25, -0.2) is 4.39 Å². The zero-order valence-electron chi connectivity index (χ0n) is 7.12. The second-order valence-electron chi connectivity index (χ2n) is 2.43. The molecule has 1 N–H and O–H groups in total. The van der Waals surface area contributed by atoms with E-state index in [1.165, 1.54) is 19.2 Å². The van der Waals surface area contributed by atoms with Crippen molar-refractivity contribution in [3.8, 4) is 18.1 Å². The quantitative estimate of drug-likeness (QED) is 0.699. The van der Waals surface area contributed by atoms with Crippen molar-refractivity contribution in [2.24, 2.45) is 0 Å². The molecule has 0 aliphatic heterocycles. The number of aliphatic hydroxyl groups is 1. The van der Waals surface area contributed by atoms with Crippen molar-refractivity contribution >= 4 is 0 Å². The molecule has 1 rings (SSSR count). The molecule has 1 atom stereocenters. The lowest BCUT2D eigenvalue weighted by Crippen LogP contribution is -1.99. The van der Waals surface area contributed by atoms with E-state index in [9.17, 15) is 9.50 Å². The Morgan fingerprint density at radius 1 is 1.62 bits per heavy atom. The summed E-state index contributed by atoms with van der Waals surface area (Å²) in [6, 6.07) is 4.45. The fourth-order valence-corrected chi connectivity index (χ4v) is 0.986. The van der Waals surface area contributed by atoms with Crippen molar-refractivity contribution in [3.05, 3.63) is 29.6 Å². The van der Waals surface area contributed by atoms with Gasteiger partial charge in [-0.2, -0.15) is 0 Å². The van der Waals surface area contributed by atoms with Crippen molar-refractivity contribution in [2.75, 3.05) is 7.11 Å². The Hall–Kier alpha value is -1.53. The maximum Gasteiger partial charge on any atom is 0.171 e. The molecule has 68 valence electrons. The van der Waals surface area contributed by atoms with Crippen molar-refractivity contribution < 1.29 is 14.2 Å². The van der Waals surface area contributed by atoms with Gasteiger partial charge in [0, 0.05) is 5.56 Å². The van der Waals surface area contributed by atoms with E-state index >= 15 is 0 Å². The number of ether oxygens (including phenoxy) is 1. The molecule has 0 unspecified atom stereocenters. The predicted octanol–water partition coefficient (Wildman–Crippen LogP) is 1.50. The van der Waals surface area contributed by atoms with Crippen LogP contribution in [0.25, 0.3) is 0 Å². The van der Waals surface area contributed by atoms with E-state index in [2.05, 4.69) is 0 Å². The maximum absolute atomic E-state index is 13.3. The molecule has 0 aromatic heterocycles. The van der Waals surface area contributed by atoms with Crippen LogP contribution in [0.4, 0.5) is 4.39 Å². The summed E-state index contributed by atoms with van der Waals surface area (Å²) in [5, 5.41) is 9.20. The Kier molecular flexibility index (Phi) is 2.88. The molecule has 1 aromatic carbocycles. The second kappa shape index (κ2) is 3.92. The molecule has 0 aliphatic carbocycles. The highest BCUT2D eigenvalue weighted by molar-refractivity contribution is 5.34. The van der Waals surface area contributed by atoms with Gasteiger partial charge in [-0.05, 0) is 6.07 Å². The molecule has 0 aliphatic rings. The number of aliphatic hydroxyl groups excluding tert-OH is 1. The fourth-order valence-electron chi connectivity index (χ4n) is 0.986. The number of terminal acetylenes is 1. The van der Waals surface area contributed by atoms with E-state index in [-0.39, 0.29) is 11.3 Å². The number of methoxy groups -OCH3 is 1. The molecule has 0 saturated heterocycles. The molecule has 2 nitrogen and oxygen atoms in total. The number of benzene rings is 1. The van der Waals surface area contributed by atoms with Crippen molar-refractivity contribution in [1.29, 1.82) is 0 Å². The average molecular weight is 180 g/mol. The fraction of sp³-hybridized carbons (Fsp3) is 0.200. The molecule has 0 spiro atoms. The highest BCUT2D eigenvalue weighted by Gasteiger charge is 2.13. The summed E-state index contributed by atoms with van der Waals surface area (Å²) in [6.45, 7) is 0. The maximum atomic E-state index is 13.3. The third kappa shape index (κ3) is 1.79. The van der Waals surface area contributed by atoms with Gasteiger partial charge in [0.25, 0.3) is 0 Å². The lowest BCUT2D eigenvalue weighted by molar-refractivity contribution is 0.231. The zero-order chi connectivity index (χ0) is 9.84. The number of rotatable bonds is 2. The molecule has 3 heteroatoms. The largest absolute Gasteiger partial charge is 0.494 e. The van der Waals surface area contributed by atoms with Crippen LogP contribution in [-0.4, -0.2) is 12.2 Å². The first kappa shape index (κ1) is 9.56. The molecule has 0 fully saturated rings. The minimum Gasteiger partial charge on any atom is -0.494 e. The second-order valence-corrected chi connectivity index (χ2v) is 2.43. The van der Waals surface area contributed by atoms with Gasteiger partial charge in [0.05, 0.1) is 7.11 Å². The van der Waals surface area contributed by atoms with Crippen LogP contribution in [0.5, 0.6) is 5.75 Å². The third-order valence-electron chi connectivity index (χ3n) is 1.67. The lowest BCUT2D eigenvalue weighted by Gasteiger charge is -2.08. The summed E-state index contributed by atoms with van der Waals surface area (Å²) in [5.74, 6) is 1.49. The van der Waals surface area contributed by atoms with Crippen LogP contribution in [0.1, 0.15) is 11.7 Å². The number of hydrogen-bond acceptors (Lipinski definition) is 2. The zero-order valence-corrected chi connectivity index (χ0v) is 7.12. The molecule has 13 heavy (non-hydrogen) atoms. The molecular formula is C10H9FO2. The Balaban J connectivity index is 3.17. The number of hydrogen-bond donors (Lipinski definition) is 1. The molecule has 0 heterocycles. The van der Waals surface area contributed by atoms with Gasteiger partial charge in [0.1, 0.15) is 6.10 Å². The van der Waals surface area contributed by atoms with Crippen LogP contribution in [0.15, 0.2) is 18.2 Å². The van der Waals surface area contributed by atoms with Crippen LogP contribution < -0.4 is 4.74 Å². The highest BCUT2D eigenvalue weighted by atomic mass is 19.1. The van der Waals surface area contributed by atoms with Crippen LogP contribution in [0.2, 0.25) is 0 Å². The summed E-state index contributed by atoms with van der Waals surface area (Å²) >= 11 is 0. The number of halogens is 1. The molecule has 0 saturated carbocycles. The minimum atomic E-state index is -1.23. The topological polar surface area (TPSA) is 29.5 Å². The van der Waals surface area contributed by atoms with Gasteiger partial charge >= 0.3 is 0 Å². The SMILES string of the molecule is C#C[C@@H](O)c1cccc(OC)c1F. The van der Waals surface area contributed by atoms with Crippen LogP contribution >= 0.6 is 0 Å². The van der Waals surface area contributed by atoms with Gasteiger partial charge in [-0.15, -0.1) is 6.42 Å². The van der Waals surface area contributed by atoms with E-state index in [4.69, 9.17) is 11.2 Å². The average Bonchev–Trinajstić information content (AvgIpc) is 2.17. The normalized spacial score (nSPS) is 11.8. The smallest absolute Gasteiger partial charge is 0.171 e. The van der Waals surface area contributed by atoms with Gasteiger partial charge in [0.2, 0.25) is 0 Å². The van der Waals surface area contributed by atoms with Gasteiger partial charge < -0.3 is 9.84 Å². The van der Waals surface area contributed by atoms with Crippen LogP contribution in [-0.2, 0) is 0 Å². The standard InChI is InChI=1S/C10H9FO2/c1-3-8(12)7-5-4-6-9(13-2)10(7)11/h1,4-6,8,12H,2H3/t8-/m1/s1. The summed E-state index contributed by atoms with van der Waals surface area (Å²) in [7, 11) is 1.35. The lowest BCUT2D eigenvalue weighted by atomic mass is 10.1. The molecule has 0 amide bonds. The van der Waals surface area contributed by atoms with E-state index in [0.29, 0.717) is 0 Å². The summed E-state index contributed by atoms with van der Waals surface area (Å²) in [4.78, 5) is 0. The first-order valence-corrected chi connectivity index (χ1v) is 3.67. The Morgan fingerprint density at radius 3 is 2.85 bits per heavy atom. The van der Waals surface area contributed by atoms with Crippen LogP contribution in [0, 0.1) is 18.2 Å². The van der Waals surface area contributed by atoms with E-state index < -0.39 is 11.9 Å². The van der Waals surface area contributed by atoms with Crippen molar-refractivity contribution in [3.63, 3.8) is 0 Å². The van der Waals surface area contributed by atoms with E-state index in [1.54, 1.807) is 6.07 Å². The van der Waals surface area contributed by atoms with E-state index in [0.717, 1.165) is 0 Å². The summed E-state index contributed by atoms with van der Waals surface area (Å²) in [6.07, 6.45) is 3.73. The minimum absolute atomic E-state index is 0.0573. The van der Waals surface area contributed by atoms with Crippen molar-refractivity contribution in [2.45, 2.75) is 6.10 Å². The Labute approximate surface area is 76.0 Å². The molecular weight excluding hydrogens is 171 g/mol. The summed E-state index contributed by atoms with van der Waals surface area (Å²) < 4.78 is 18.1. The Morgan fingerprint density at radius 2 is 2.31 bits per heavy atom. The summed E-state index contributed by atoms with van der Waals surface area (Å²) in [5.41, 5.74) is 0.0573. The highest BCUT2D eigenvalue weighted by Crippen LogP contribution is 2.24. The van der Waals surface area contributed by atoms with Gasteiger partial charge in [-0.1, -0.05) is 18.1 Å². The van der Waals surface area contributed by atoms with Gasteiger partial charge in [-0.3, -0.25) is 0 Å². The third-order valence-corrected chi connectivity index (χ3v) is 1.67. The van der Waals surface area contributed by atoms with Gasteiger partial charge in [0.15, 0.2) is 11.6 Å². The molecule has 0 bridgehead atoms. The monoisotopic (exact) mass is 180 g/mol. The molecule has 1 aromatic rings. The molecule has 0 radical (unpaired) electrons.